The monoisotopic (exact) mass is 348 g/mol. The molecule has 0 bridgehead atoms. The molecule has 0 spiro atoms. The van der Waals surface area contributed by atoms with Crippen LogP contribution in [0.15, 0.2) is 18.2 Å². The summed E-state index contributed by atoms with van der Waals surface area (Å²) in [6.07, 6.45) is 1.90. The zero-order valence-electron chi connectivity index (χ0n) is 9.13. The number of esters is 1. The van der Waals surface area contributed by atoms with Gasteiger partial charge in [-0.2, -0.15) is 0 Å². The van der Waals surface area contributed by atoms with Gasteiger partial charge in [-0.15, -0.1) is 0 Å². The third-order valence-electron chi connectivity index (χ3n) is 2.31. The van der Waals surface area contributed by atoms with E-state index in [1.165, 1.54) is 7.11 Å². The first-order valence-corrected chi connectivity index (χ1v) is 7.29. The third kappa shape index (κ3) is 3.59. The molecule has 0 N–H and O–H groups in total. The van der Waals surface area contributed by atoms with Crippen molar-refractivity contribution in [1.82, 2.24) is 0 Å². The molecule has 0 atom stereocenters. The lowest BCUT2D eigenvalue weighted by molar-refractivity contribution is 0.0599. The first-order valence-electron chi connectivity index (χ1n) is 5.05. The van der Waals surface area contributed by atoms with Gasteiger partial charge >= 0.3 is 5.97 Å². The Morgan fingerprint density at radius 1 is 1.38 bits per heavy atom. The Morgan fingerprint density at radius 3 is 2.69 bits per heavy atom. The molecule has 0 fully saturated rings. The Bertz CT molecular complexity index is 364. The average Bonchev–Trinajstić information content (AvgIpc) is 2.35. The summed E-state index contributed by atoms with van der Waals surface area (Å²) in [6.45, 7) is 0. The summed E-state index contributed by atoms with van der Waals surface area (Å²) in [6, 6.07) is 5.93. The van der Waals surface area contributed by atoms with Crippen molar-refractivity contribution in [3.05, 3.63) is 34.9 Å². The molecule has 88 valence electrons. The fourth-order valence-corrected chi connectivity index (χ4v) is 2.11. The van der Waals surface area contributed by atoms with Crippen LogP contribution in [0.3, 0.4) is 0 Å². The summed E-state index contributed by atoms with van der Waals surface area (Å²) in [7, 11) is 1.41. The van der Waals surface area contributed by atoms with Crippen molar-refractivity contribution < 1.29 is 9.53 Å². The van der Waals surface area contributed by atoms with Crippen LogP contribution >= 0.6 is 31.9 Å². The number of hydrogen-bond acceptors (Lipinski definition) is 2. The van der Waals surface area contributed by atoms with Crippen LogP contribution in [0.25, 0.3) is 0 Å². The Balaban J connectivity index is 3.01. The quantitative estimate of drug-likeness (QED) is 0.598. The van der Waals surface area contributed by atoms with Crippen LogP contribution in [-0.2, 0) is 16.5 Å². The topological polar surface area (TPSA) is 26.3 Å². The number of halogens is 2. The number of hydrogen-bond donors (Lipinski definition) is 0. The van der Waals surface area contributed by atoms with E-state index in [0.717, 1.165) is 34.6 Å². The van der Waals surface area contributed by atoms with E-state index in [9.17, 15) is 4.79 Å². The van der Waals surface area contributed by atoms with Crippen molar-refractivity contribution in [3.63, 3.8) is 0 Å². The number of benzene rings is 1. The van der Waals surface area contributed by atoms with Crippen LogP contribution in [0.1, 0.15) is 27.9 Å². The zero-order valence-corrected chi connectivity index (χ0v) is 12.3. The van der Waals surface area contributed by atoms with Crippen LogP contribution in [0.5, 0.6) is 0 Å². The Labute approximate surface area is 113 Å². The molecule has 16 heavy (non-hydrogen) atoms. The molecule has 0 heterocycles. The molecule has 0 radical (unpaired) electrons. The number of carbonyl (C=O) groups excluding carboxylic acids is 1. The number of carbonyl (C=O) groups is 1. The van der Waals surface area contributed by atoms with Gasteiger partial charge in [-0.3, -0.25) is 0 Å². The molecule has 0 aliphatic rings. The van der Waals surface area contributed by atoms with Gasteiger partial charge in [0.15, 0.2) is 0 Å². The minimum Gasteiger partial charge on any atom is -0.465 e. The van der Waals surface area contributed by atoms with E-state index in [2.05, 4.69) is 31.9 Å². The molecule has 4 heteroatoms. The second-order valence-electron chi connectivity index (χ2n) is 3.41. The summed E-state index contributed by atoms with van der Waals surface area (Å²) in [5.41, 5.74) is 2.82. The first-order chi connectivity index (χ1) is 7.72. The fraction of sp³-hybridized carbons (Fsp3) is 0.417. The van der Waals surface area contributed by atoms with Gasteiger partial charge in [0, 0.05) is 10.7 Å². The Hall–Kier alpha value is -0.350. The third-order valence-corrected chi connectivity index (χ3v) is 3.52. The minimum absolute atomic E-state index is 0.257. The van der Waals surface area contributed by atoms with Gasteiger partial charge in [0.2, 0.25) is 0 Å². The molecule has 0 aromatic heterocycles. The lowest BCUT2D eigenvalue weighted by Gasteiger charge is -2.08. The predicted molar refractivity (Wildman–Crippen MR) is 72.5 cm³/mol. The molecule has 0 saturated carbocycles. The van der Waals surface area contributed by atoms with E-state index < -0.39 is 0 Å². The maximum atomic E-state index is 11.6. The van der Waals surface area contributed by atoms with Crippen LogP contribution in [0, 0.1) is 0 Å². The highest BCUT2D eigenvalue weighted by atomic mass is 79.9. The van der Waals surface area contributed by atoms with Gasteiger partial charge in [-0.05, 0) is 30.0 Å². The predicted octanol–water partition coefficient (Wildman–Crippen LogP) is 3.70. The summed E-state index contributed by atoms with van der Waals surface area (Å²) in [4.78, 5) is 11.6. The molecule has 0 unspecified atom stereocenters. The molecule has 1 aromatic rings. The van der Waals surface area contributed by atoms with Crippen molar-refractivity contribution in [2.45, 2.75) is 18.2 Å². The molecule has 2 nitrogen and oxygen atoms in total. The molecule has 1 aromatic carbocycles. The van der Waals surface area contributed by atoms with Gasteiger partial charge < -0.3 is 4.74 Å². The summed E-state index contributed by atoms with van der Waals surface area (Å²) in [5, 5.41) is 1.68. The van der Waals surface area contributed by atoms with Crippen molar-refractivity contribution in [2.24, 2.45) is 0 Å². The summed E-state index contributed by atoms with van der Waals surface area (Å²) >= 11 is 6.77. The highest BCUT2D eigenvalue weighted by Crippen LogP contribution is 2.17. The van der Waals surface area contributed by atoms with Crippen LogP contribution in [-0.4, -0.2) is 18.4 Å². The molecule has 0 aliphatic heterocycles. The summed E-state index contributed by atoms with van der Waals surface area (Å²) in [5.74, 6) is -0.257. The Kier molecular flexibility index (Phi) is 6.06. The van der Waals surface area contributed by atoms with Crippen molar-refractivity contribution in [3.8, 4) is 0 Å². The zero-order chi connectivity index (χ0) is 12.0. The van der Waals surface area contributed by atoms with Gasteiger partial charge in [0.1, 0.15) is 0 Å². The second-order valence-corrected chi connectivity index (χ2v) is 4.76. The molecule has 0 saturated heterocycles. The van der Waals surface area contributed by atoms with E-state index in [1.54, 1.807) is 0 Å². The number of methoxy groups -OCH3 is 1. The molecular weight excluding hydrogens is 336 g/mol. The smallest absolute Gasteiger partial charge is 0.338 e. The standard InChI is InChI=1S/C12H14Br2O2/c1-16-12(15)11-7-9(8-14)4-5-10(11)3-2-6-13/h4-5,7H,2-3,6,8H2,1H3. The van der Waals surface area contributed by atoms with Crippen LogP contribution < -0.4 is 0 Å². The second kappa shape index (κ2) is 7.07. The van der Waals surface area contributed by atoms with E-state index in [-0.39, 0.29) is 5.97 Å². The number of alkyl halides is 2. The molecule has 0 aliphatic carbocycles. The maximum Gasteiger partial charge on any atom is 0.338 e. The minimum atomic E-state index is -0.257. The lowest BCUT2D eigenvalue weighted by atomic mass is 10.0. The van der Waals surface area contributed by atoms with E-state index in [4.69, 9.17) is 4.74 Å². The number of aryl methyl sites for hydroxylation is 1. The lowest BCUT2D eigenvalue weighted by Crippen LogP contribution is -2.06. The van der Waals surface area contributed by atoms with Gasteiger partial charge in [-0.1, -0.05) is 44.0 Å². The summed E-state index contributed by atoms with van der Waals surface area (Å²) < 4.78 is 4.79. The van der Waals surface area contributed by atoms with Gasteiger partial charge in [-0.25, -0.2) is 4.79 Å². The van der Waals surface area contributed by atoms with Gasteiger partial charge in [0.25, 0.3) is 0 Å². The SMILES string of the molecule is COC(=O)c1cc(CBr)ccc1CCCBr. The average molecular weight is 350 g/mol. The first kappa shape index (κ1) is 13.7. The van der Waals surface area contributed by atoms with Crippen molar-refractivity contribution in [1.29, 1.82) is 0 Å². The molecular formula is C12H14Br2O2. The van der Waals surface area contributed by atoms with Crippen molar-refractivity contribution in [2.75, 3.05) is 12.4 Å². The molecule has 1 rings (SSSR count). The number of ether oxygens (including phenoxy) is 1. The normalized spacial score (nSPS) is 10.2. The maximum absolute atomic E-state index is 11.6. The number of rotatable bonds is 5. The fourth-order valence-electron chi connectivity index (χ4n) is 1.48. The van der Waals surface area contributed by atoms with Crippen molar-refractivity contribution >= 4 is 37.8 Å². The van der Waals surface area contributed by atoms with E-state index >= 15 is 0 Å². The Morgan fingerprint density at radius 2 is 2.12 bits per heavy atom. The largest absolute Gasteiger partial charge is 0.465 e. The van der Waals surface area contributed by atoms with Crippen LogP contribution in [0.4, 0.5) is 0 Å². The van der Waals surface area contributed by atoms with E-state index in [1.807, 2.05) is 18.2 Å². The van der Waals surface area contributed by atoms with Crippen LogP contribution in [0.2, 0.25) is 0 Å². The highest BCUT2D eigenvalue weighted by molar-refractivity contribution is 9.09. The molecule has 0 amide bonds. The highest BCUT2D eigenvalue weighted by Gasteiger charge is 2.12. The van der Waals surface area contributed by atoms with Gasteiger partial charge in [0.05, 0.1) is 12.7 Å². The van der Waals surface area contributed by atoms with E-state index in [0.29, 0.717) is 5.56 Å².